The van der Waals surface area contributed by atoms with Gasteiger partial charge in [-0.15, -0.1) is 6.58 Å². The molecule has 0 aromatic carbocycles. The average Bonchev–Trinajstić information content (AvgIpc) is 2.29. The lowest BCUT2D eigenvalue weighted by Gasteiger charge is -2.10. The first kappa shape index (κ1) is 8.77. The van der Waals surface area contributed by atoms with Crippen LogP contribution >= 0.6 is 0 Å². The number of carboxylic acid groups (broad SMARTS) is 1. The summed E-state index contributed by atoms with van der Waals surface area (Å²) < 4.78 is 4.78. The van der Waals surface area contributed by atoms with Crippen molar-refractivity contribution in [2.75, 3.05) is 0 Å². The third-order valence-corrected chi connectivity index (χ3v) is 1.84. The summed E-state index contributed by atoms with van der Waals surface area (Å²) in [5.74, 6) is -1.44. The van der Waals surface area contributed by atoms with Crippen molar-refractivity contribution in [2.45, 2.75) is 18.9 Å². The highest BCUT2D eigenvalue weighted by atomic mass is 16.6. The maximum atomic E-state index is 10.7. The Morgan fingerprint density at radius 3 is 3.00 bits per heavy atom. The molecule has 1 fully saturated rings. The van der Waals surface area contributed by atoms with Crippen LogP contribution in [0.2, 0.25) is 0 Å². The van der Waals surface area contributed by atoms with E-state index in [1.165, 1.54) is 0 Å². The third-order valence-electron chi connectivity index (χ3n) is 1.84. The standard InChI is InChI=1S/C8H10O4/c1-2-5-3-8(11)12-6(5)4-7(9)10/h2,5-6H,1,3-4H2,(H,9,10)/t5-,6-/m0/s1. The number of cyclic esters (lactones) is 1. The molecule has 1 N–H and O–H groups in total. The SMILES string of the molecule is C=C[C@H]1CC(=O)O[C@H]1CC(=O)O. The molecule has 1 heterocycles. The van der Waals surface area contributed by atoms with Gasteiger partial charge in [0, 0.05) is 5.92 Å². The molecule has 1 rings (SSSR count). The molecule has 12 heavy (non-hydrogen) atoms. The van der Waals surface area contributed by atoms with Gasteiger partial charge in [-0.1, -0.05) is 6.08 Å². The van der Waals surface area contributed by atoms with E-state index < -0.39 is 12.1 Å². The minimum absolute atomic E-state index is 0.136. The van der Waals surface area contributed by atoms with Crippen molar-refractivity contribution in [1.29, 1.82) is 0 Å². The van der Waals surface area contributed by atoms with Gasteiger partial charge in [-0.05, 0) is 0 Å². The predicted octanol–water partition coefficient (Wildman–Crippen LogP) is 0.579. The Labute approximate surface area is 69.8 Å². The molecule has 1 aliphatic heterocycles. The van der Waals surface area contributed by atoms with Crippen molar-refractivity contribution >= 4 is 11.9 Å². The number of esters is 1. The van der Waals surface area contributed by atoms with E-state index in [1.807, 2.05) is 0 Å². The van der Waals surface area contributed by atoms with Gasteiger partial charge in [0.25, 0.3) is 0 Å². The number of carbonyl (C=O) groups is 2. The van der Waals surface area contributed by atoms with Crippen LogP contribution in [0, 0.1) is 5.92 Å². The minimum Gasteiger partial charge on any atom is -0.481 e. The first-order valence-corrected chi connectivity index (χ1v) is 3.67. The van der Waals surface area contributed by atoms with Crippen molar-refractivity contribution in [2.24, 2.45) is 5.92 Å². The number of carbonyl (C=O) groups excluding carboxylic acids is 1. The van der Waals surface area contributed by atoms with E-state index >= 15 is 0 Å². The number of carboxylic acids is 1. The molecule has 66 valence electrons. The highest BCUT2D eigenvalue weighted by Gasteiger charge is 2.33. The molecule has 0 aliphatic carbocycles. The molecule has 0 amide bonds. The molecule has 0 radical (unpaired) electrons. The van der Waals surface area contributed by atoms with Crippen LogP contribution < -0.4 is 0 Å². The summed E-state index contributed by atoms with van der Waals surface area (Å²) in [5.41, 5.74) is 0. The van der Waals surface area contributed by atoms with Gasteiger partial charge in [0.2, 0.25) is 0 Å². The topological polar surface area (TPSA) is 63.6 Å². The van der Waals surface area contributed by atoms with Crippen LogP contribution in [-0.4, -0.2) is 23.1 Å². The van der Waals surface area contributed by atoms with Crippen molar-refractivity contribution in [1.82, 2.24) is 0 Å². The normalized spacial score (nSPS) is 28.2. The maximum absolute atomic E-state index is 10.7. The largest absolute Gasteiger partial charge is 0.481 e. The smallest absolute Gasteiger partial charge is 0.307 e. The zero-order valence-electron chi connectivity index (χ0n) is 6.53. The van der Waals surface area contributed by atoms with Crippen LogP contribution in [0.1, 0.15) is 12.8 Å². The lowest BCUT2D eigenvalue weighted by molar-refractivity contribution is -0.146. The Bertz CT molecular complexity index is 221. The second kappa shape index (κ2) is 3.38. The van der Waals surface area contributed by atoms with Gasteiger partial charge in [-0.25, -0.2) is 0 Å². The fraction of sp³-hybridized carbons (Fsp3) is 0.500. The number of rotatable bonds is 3. The van der Waals surface area contributed by atoms with Gasteiger partial charge in [0.05, 0.1) is 12.8 Å². The van der Waals surface area contributed by atoms with Crippen LogP contribution in [0.4, 0.5) is 0 Å². The highest BCUT2D eigenvalue weighted by molar-refractivity contribution is 5.74. The van der Waals surface area contributed by atoms with Crippen molar-refractivity contribution in [3.05, 3.63) is 12.7 Å². The molecule has 0 unspecified atom stereocenters. The minimum atomic E-state index is -0.957. The Hall–Kier alpha value is -1.32. The van der Waals surface area contributed by atoms with E-state index in [1.54, 1.807) is 6.08 Å². The van der Waals surface area contributed by atoms with E-state index in [0.29, 0.717) is 0 Å². The Morgan fingerprint density at radius 1 is 1.83 bits per heavy atom. The maximum Gasteiger partial charge on any atom is 0.307 e. The summed E-state index contributed by atoms with van der Waals surface area (Å²) >= 11 is 0. The Balaban J connectivity index is 2.57. The first-order chi connectivity index (χ1) is 5.63. The van der Waals surface area contributed by atoms with Gasteiger partial charge >= 0.3 is 11.9 Å². The second-order valence-electron chi connectivity index (χ2n) is 2.73. The van der Waals surface area contributed by atoms with Crippen molar-refractivity contribution < 1.29 is 19.4 Å². The van der Waals surface area contributed by atoms with Crippen LogP contribution in [0.5, 0.6) is 0 Å². The third kappa shape index (κ3) is 1.84. The number of hydrogen-bond acceptors (Lipinski definition) is 3. The quantitative estimate of drug-likeness (QED) is 0.497. The lowest BCUT2D eigenvalue weighted by Crippen LogP contribution is -2.18. The van der Waals surface area contributed by atoms with Crippen LogP contribution in [0.15, 0.2) is 12.7 Å². The number of ether oxygens (including phenoxy) is 1. The van der Waals surface area contributed by atoms with Gasteiger partial charge < -0.3 is 9.84 Å². The first-order valence-electron chi connectivity index (χ1n) is 3.67. The van der Waals surface area contributed by atoms with Crippen molar-refractivity contribution in [3.8, 4) is 0 Å². The summed E-state index contributed by atoms with van der Waals surface area (Å²) in [6.07, 6.45) is 1.16. The van der Waals surface area contributed by atoms with Crippen molar-refractivity contribution in [3.63, 3.8) is 0 Å². The van der Waals surface area contributed by atoms with Gasteiger partial charge in [0.15, 0.2) is 0 Å². The van der Waals surface area contributed by atoms with E-state index in [9.17, 15) is 9.59 Å². The Morgan fingerprint density at radius 2 is 2.50 bits per heavy atom. The summed E-state index contributed by atoms with van der Waals surface area (Å²) in [6.45, 7) is 3.51. The van der Waals surface area contributed by atoms with E-state index in [0.717, 1.165) is 0 Å². The van der Waals surface area contributed by atoms with Crippen LogP contribution in [0.25, 0.3) is 0 Å². The number of aliphatic carboxylic acids is 1. The van der Waals surface area contributed by atoms with Crippen LogP contribution in [0.3, 0.4) is 0 Å². The fourth-order valence-electron chi connectivity index (χ4n) is 1.23. The second-order valence-corrected chi connectivity index (χ2v) is 2.73. The van der Waals surface area contributed by atoms with Gasteiger partial charge in [-0.2, -0.15) is 0 Å². The molecule has 2 atom stereocenters. The molecule has 1 saturated heterocycles. The predicted molar refractivity (Wildman–Crippen MR) is 40.4 cm³/mol. The van der Waals surface area contributed by atoms with Gasteiger partial charge in [-0.3, -0.25) is 9.59 Å². The van der Waals surface area contributed by atoms with Crippen LogP contribution in [-0.2, 0) is 14.3 Å². The van der Waals surface area contributed by atoms with Gasteiger partial charge in [0.1, 0.15) is 6.10 Å². The average molecular weight is 170 g/mol. The van der Waals surface area contributed by atoms with E-state index in [2.05, 4.69) is 6.58 Å². The zero-order chi connectivity index (χ0) is 9.14. The molecule has 0 bridgehead atoms. The zero-order valence-corrected chi connectivity index (χ0v) is 6.53. The lowest BCUT2D eigenvalue weighted by atomic mass is 9.99. The van der Waals surface area contributed by atoms with E-state index in [4.69, 9.17) is 9.84 Å². The molecule has 1 aliphatic rings. The summed E-state index contributed by atoms with van der Waals surface area (Å²) in [5, 5.41) is 8.45. The fourth-order valence-corrected chi connectivity index (χ4v) is 1.23. The van der Waals surface area contributed by atoms with E-state index in [-0.39, 0.29) is 24.7 Å². The molecular weight excluding hydrogens is 160 g/mol. The monoisotopic (exact) mass is 170 g/mol. The molecule has 0 saturated carbocycles. The number of hydrogen-bond donors (Lipinski definition) is 1. The molecule has 0 spiro atoms. The molecule has 0 aromatic rings. The summed E-state index contributed by atoms with van der Waals surface area (Å²) in [4.78, 5) is 21.0. The highest BCUT2D eigenvalue weighted by Crippen LogP contribution is 2.25. The molecular formula is C8H10O4. The summed E-state index contributed by atoms with van der Waals surface area (Å²) in [7, 11) is 0. The Kier molecular flexibility index (Phi) is 2.47. The summed E-state index contributed by atoms with van der Waals surface area (Å²) in [6, 6.07) is 0. The molecule has 4 heteroatoms. The molecule has 4 nitrogen and oxygen atoms in total. The molecule has 0 aromatic heterocycles.